The molecule has 0 amide bonds. The minimum atomic E-state index is -0.459. The van der Waals surface area contributed by atoms with Crippen LogP contribution in [0.15, 0.2) is 48.2 Å². The summed E-state index contributed by atoms with van der Waals surface area (Å²) in [7, 11) is 3.95. The number of aromatic nitrogens is 4. The predicted molar refractivity (Wildman–Crippen MR) is 94.2 cm³/mol. The smallest absolute Gasteiger partial charge is 0.338 e. The van der Waals surface area contributed by atoms with Crippen LogP contribution in [0.25, 0.3) is 0 Å². The molecule has 8 nitrogen and oxygen atoms in total. The Kier molecular flexibility index (Phi) is 4.51. The number of benzene rings is 1. The highest BCUT2D eigenvalue weighted by molar-refractivity contribution is 5.92. The highest BCUT2D eigenvalue weighted by Gasteiger charge is 2.34. The number of carbonyl (C=O) groups excluding carboxylic acids is 1. The van der Waals surface area contributed by atoms with Crippen molar-refractivity contribution in [2.24, 2.45) is 0 Å². The molecule has 1 aromatic carbocycles. The first-order chi connectivity index (χ1) is 12.0. The molecule has 130 valence electrons. The lowest BCUT2D eigenvalue weighted by Gasteiger charge is -2.27. The fourth-order valence-corrected chi connectivity index (χ4v) is 2.75. The molecule has 0 radical (unpaired) electrons. The quantitative estimate of drug-likeness (QED) is 0.655. The summed E-state index contributed by atoms with van der Waals surface area (Å²) >= 11 is 0. The van der Waals surface area contributed by atoms with E-state index in [1.165, 1.54) is 6.08 Å². The largest absolute Gasteiger partial charge is 0.458 e. The Balaban J connectivity index is 2.05. The third-order valence-corrected chi connectivity index (χ3v) is 3.99. The zero-order valence-corrected chi connectivity index (χ0v) is 14.4. The normalized spacial score (nSPS) is 16.0. The fraction of sp³-hybridized carbons (Fsp3) is 0.294. The van der Waals surface area contributed by atoms with Crippen LogP contribution in [0.5, 0.6) is 0 Å². The van der Waals surface area contributed by atoms with Gasteiger partial charge in [-0.1, -0.05) is 29.9 Å². The number of hydrogen-bond donors (Lipinski definition) is 1. The molecule has 0 unspecified atom stereocenters. The zero-order chi connectivity index (χ0) is 18.0. The van der Waals surface area contributed by atoms with Crippen LogP contribution in [0.1, 0.15) is 18.5 Å². The summed E-state index contributed by atoms with van der Waals surface area (Å²) in [6.45, 7) is 5.53. The average molecular weight is 340 g/mol. The van der Waals surface area contributed by atoms with E-state index < -0.39 is 12.0 Å². The number of esters is 1. The second-order valence-electron chi connectivity index (χ2n) is 5.89. The lowest BCUT2D eigenvalue weighted by Crippen LogP contribution is -2.29. The summed E-state index contributed by atoms with van der Waals surface area (Å²) in [5.41, 5.74) is 3.09. The summed E-state index contributed by atoms with van der Waals surface area (Å²) < 4.78 is 6.85. The molecule has 1 N–H and O–H groups in total. The maximum atomic E-state index is 12.6. The van der Waals surface area contributed by atoms with Crippen LogP contribution in [0.3, 0.4) is 0 Å². The van der Waals surface area contributed by atoms with Gasteiger partial charge < -0.3 is 15.0 Å². The van der Waals surface area contributed by atoms with E-state index >= 15 is 0 Å². The number of allylic oxidation sites excluding steroid dienone is 1. The lowest BCUT2D eigenvalue weighted by atomic mass is 9.95. The van der Waals surface area contributed by atoms with E-state index in [9.17, 15) is 4.79 Å². The molecule has 2 aromatic rings. The molecule has 8 heteroatoms. The molecular formula is C17H20N6O2. The SMILES string of the molecule is C=CCOC(=O)C1=C(C)Nc2nnnn2[C@@H]1c1ccc(N(C)C)cc1. The number of carbonyl (C=O) groups is 1. The van der Waals surface area contributed by atoms with Crippen molar-refractivity contribution in [1.82, 2.24) is 20.2 Å². The van der Waals surface area contributed by atoms with Gasteiger partial charge >= 0.3 is 5.97 Å². The summed E-state index contributed by atoms with van der Waals surface area (Å²) in [4.78, 5) is 14.6. The van der Waals surface area contributed by atoms with E-state index in [-0.39, 0.29) is 6.61 Å². The number of tetrazole rings is 1. The van der Waals surface area contributed by atoms with Crippen molar-refractivity contribution in [2.45, 2.75) is 13.0 Å². The first kappa shape index (κ1) is 16.7. The van der Waals surface area contributed by atoms with Crippen molar-refractivity contribution in [3.05, 3.63) is 53.8 Å². The maximum absolute atomic E-state index is 12.6. The number of fused-ring (bicyclic) bond motifs is 1. The van der Waals surface area contributed by atoms with Gasteiger partial charge in [0.25, 0.3) is 0 Å². The molecular weight excluding hydrogens is 320 g/mol. The van der Waals surface area contributed by atoms with Gasteiger partial charge in [-0.2, -0.15) is 4.68 Å². The van der Waals surface area contributed by atoms with Gasteiger partial charge in [-0.3, -0.25) is 0 Å². The van der Waals surface area contributed by atoms with Gasteiger partial charge in [0.2, 0.25) is 5.95 Å². The van der Waals surface area contributed by atoms with Crippen molar-refractivity contribution in [3.63, 3.8) is 0 Å². The Hall–Kier alpha value is -3.16. The van der Waals surface area contributed by atoms with Crippen molar-refractivity contribution < 1.29 is 9.53 Å². The zero-order valence-electron chi connectivity index (χ0n) is 14.4. The molecule has 1 aromatic heterocycles. The van der Waals surface area contributed by atoms with E-state index in [0.717, 1.165) is 11.3 Å². The van der Waals surface area contributed by atoms with Crippen molar-refractivity contribution in [1.29, 1.82) is 0 Å². The molecule has 0 bridgehead atoms. The van der Waals surface area contributed by atoms with E-state index in [2.05, 4.69) is 27.4 Å². The van der Waals surface area contributed by atoms with Crippen molar-refractivity contribution >= 4 is 17.6 Å². The third-order valence-electron chi connectivity index (χ3n) is 3.99. The lowest BCUT2D eigenvalue weighted by molar-refractivity contribution is -0.138. The number of hydrogen-bond acceptors (Lipinski definition) is 7. The van der Waals surface area contributed by atoms with Gasteiger partial charge in [-0.05, 0) is 35.0 Å². The Bertz CT molecular complexity index is 822. The molecule has 25 heavy (non-hydrogen) atoms. The summed E-state index contributed by atoms with van der Waals surface area (Å²) in [6.07, 6.45) is 1.54. The standard InChI is InChI=1S/C17H20N6O2/c1-5-10-25-16(24)14-11(2)18-17-19-20-21-23(17)15(14)12-6-8-13(9-7-12)22(3)4/h5-9,15H,1,10H2,2-4H3,(H,18,19,21)/t15-/m1/s1. The number of nitrogens with zero attached hydrogens (tertiary/aromatic N) is 5. The minimum absolute atomic E-state index is 0.143. The van der Waals surface area contributed by atoms with Crippen LogP contribution in [-0.4, -0.2) is 46.9 Å². The third kappa shape index (κ3) is 3.10. The molecule has 1 aliphatic rings. The number of rotatable bonds is 5. The first-order valence-electron chi connectivity index (χ1n) is 7.84. The fourth-order valence-electron chi connectivity index (χ4n) is 2.75. The molecule has 1 atom stereocenters. The summed E-state index contributed by atoms with van der Waals surface area (Å²) in [6, 6.07) is 7.45. The molecule has 0 saturated heterocycles. The van der Waals surface area contributed by atoms with E-state index in [1.807, 2.05) is 50.2 Å². The van der Waals surface area contributed by atoms with Crippen molar-refractivity contribution in [2.75, 3.05) is 30.9 Å². The Labute approximate surface area is 145 Å². The number of nitrogens with one attached hydrogen (secondary N) is 1. The molecule has 2 heterocycles. The van der Waals surface area contributed by atoms with Crippen LogP contribution in [-0.2, 0) is 9.53 Å². The Morgan fingerprint density at radius 2 is 2.12 bits per heavy atom. The van der Waals surface area contributed by atoms with Gasteiger partial charge in [0, 0.05) is 25.5 Å². The predicted octanol–water partition coefficient (Wildman–Crippen LogP) is 1.76. The second-order valence-corrected chi connectivity index (χ2v) is 5.89. The molecule has 3 rings (SSSR count). The van der Waals surface area contributed by atoms with Crippen LogP contribution in [0.2, 0.25) is 0 Å². The topological polar surface area (TPSA) is 85.2 Å². The minimum Gasteiger partial charge on any atom is -0.458 e. The van der Waals surface area contributed by atoms with Crippen LogP contribution in [0, 0.1) is 0 Å². The first-order valence-corrected chi connectivity index (χ1v) is 7.84. The summed E-state index contributed by atoms with van der Waals surface area (Å²) in [5, 5.41) is 14.8. The van der Waals surface area contributed by atoms with Gasteiger partial charge in [0.05, 0.1) is 5.57 Å². The molecule has 0 aliphatic carbocycles. The summed E-state index contributed by atoms with van der Waals surface area (Å²) in [5.74, 6) is 0.0622. The van der Waals surface area contributed by atoms with Gasteiger partial charge in [0.15, 0.2) is 0 Å². The Morgan fingerprint density at radius 3 is 2.76 bits per heavy atom. The van der Waals surface area contributed by atoms with Crippen molar-refractivity contribution in [3.8, 4) is 0 Å². The van der Waals surface area contributed by atoms with Gasteiger partial charge in [0.1, 0.15) is 12.6 Å². The van der Waals surface area contributed by atoms with Crippen LogP contribution < -0.4 is 10.2 Å². The van der Waals surface area contributed by atoms with Crippen LogP contribution in [0.4, 0.5) is 11.6 Å². The highest BCUT2D eigenvalue weighted by Crippen LogP contribution is 2.35. The van der Waals surface area contributed by atoms with Crippen LogP contribution >= 0.6 is 0 Å². The number of anilines is 2. The van der Waals surface area contributed by atoms with Gasteiger partial charge in [-0.15, -0.1) is 0 Å². The second kappa shape index (κ2) is 6.76. The van der Waals surface area contributed by atoms with E-state index in [0.29, 0.717) is 17.2 Å². The molecule has 1 aliphatic heterocycles. The van der Waals surface area contributed by atoms with E-state index in [1.54, 1.807) is 4.68 Å². The maximum Gasteiger partial charge on any atom is 0.338 e. The monoisotopic (exact) mass is 340 g/mol. The molecule has 0 fully saturated rings. The van der Waals surface area contributed by atoms with Gasteiger partial charge in [-0.25, -0.2) is 4.79 Å². The highest BCUT2D eigenvalue weighted by atomic mass is 16.5. The average Bonchev–Trinajstić information content (AvgIpc) is 3.06. The number of ether oxygens (including phenoxy) is 1. The molecule has 0 spiro atoms. The Morgan fingerprint density at radius 1 is 1.40 bits per heavy atom. The van der Waals surface area contributed by atoms with E-state index in [4.69, 9.17) is 4.74 Å². The molecule has 0 saturated carbocycles.